The van der Waals surface area contributed by atoms with Gasteiger partial charge in [-0.15, -0.1) is 0 Å². The molecule has 1 aliphatic carbocycles. The number of Topliss-reactive ketones (excluding diaryl/α,β-unsaturated/α-hetero) is 1. The van der Waals surface area contributed by atoms with E-state index in [0.29, 0.717) is 17.0 Å². The van der Waals surface area contributed by atoms with Gasteiger partial charge in [0.25, 0.3) is 11.8 Å². The molecule has 1 aliphatic heterocycles. The molecule has 0 bridgehead atoms. The zero-order valence-corrected chi connectivity index (χ0v) is 12.9. The van der Waals surface area contributed by atoms with Crippen molar-refractivity contribution in [2.45, 2.75) is 0 Å². The number of likely N-dealkylation sites (N-methyl/N-ethyl adjacent to an activating group) is 1. The molecular formula is C17H10N4O4. The van der Waals surface area contributed by atoms with Crippen molar-refractivity contribution < 1.29 is 19.2 Å². The Balaban J connectivity index is 2.06. The van der Waals surface area contributed by atoms with Gasteiger partial charge in [-0.1, -0.05) is 6.07 Å². The molecule has 4 amide bonds. The Bertz CT molecular complexity index is 1020. The molecule has 0 spiro atoms. The van der Waals surface area contributed by atoms with Crippen molar-refractivity contribution in [1.29, 1.82) is 0 Å². The van der Waals surface area contributed by atoms with E-state index in [1.54, 1.807) is 24.3 Å². The highest BCUT2D eigenvalue weighted by atomic mass is 16.2. The maximum Gasteiger partial charge on any atom is 0.331 e. The molecule has 1 saturated heterocycles. The van der Waals surface area contributed by atoms with E-state index >= 15 is 0 Å². The van der Waals surface area contributed by atoms with Gasteiger partial charge < -0.3 is 0 Å². The lowest BCUT2D eigenvalue weighted by Crippen LogP contribution is -2.53. The van der Waals surface area contributed by atoms with E-state index in [1.165, 1.54) is 19.4 Å². The number of nitrogens with zero attached hydrogens (tertiary/aromatic N) is 3. The number of hydrogen-bond acceptors (Lipinski definition) is 6. The van der Waals surface area contributed by atoms with Crippen molar-refractivity contribution in [2.75, 3.05) is 7.05 Å². The summed E-state index contributed by atoms with van der Waals surface area (Å²) in [5.41, 5.74) is 0.915. The third-order valence-corrected chi connectivity index (χ3v) is 4.10. The Morgan fingerprint density at radius 2 is 1.48 bits per heavy atom. The molecular weight excluding hydrogens is 324 g/mol. The summed E-state index contributed by atoms with van der Waals surface area (Å²) in [7, 11) is 1.23. The normalized spacial score (nSPS) is 19.5. The molecule has 25 heavy (non-hydrogen) atoms. The number of aromatic nitrogens is 2. The van der Waals surface area contributed by atoms with Crippen LogP contribution in [0.25, 0.3) is 17.0 Å². The fraction of sp³-hybridized carbons (Fsp3) is 0.0588. The van der Waals surface area contributed by atoms with Crippen molar-refractivity contribution in [1.82, 2.24) is 20.2 Å². The third-order valence-electron chi connectivity index (χ3n) is 4.10. The average molecular weight is 334 g/mol. The Hall–Kier alpha value is -3.68. The standard InChI is InChI=1S/C17H10N4O4/c1-21-16(24)11(15(23)20-17(21)25)10-8-4-2-6-18-12(8)13-9(14(10)22)5-3-7-19-13/h2-7H,1H3,(H,20,23,25). The molecule has 2 aliphatic rings. The van der Waals surface area contributed by atoms with Gasteiger partial charge in [0.05, 0.1) is 16.8 Å². The highest BCUT2D eigenvalue weighted by molar-refractivity contribution is 6.44. The minimum atomic E-state index is -0.904. The predicted molar refractivity (Wildman–Crippen MR) is 85.0 cm³/mol. The highest BCUT2D eigenvalue weighted by Crippen LogP contribution is 2.38. The SMILES string of the molecule is CN1C(=O)NC(=O)C(=C2C(=O)c3cccnc3-c3ncccc32)C1=O. The van der Waals surface area contributed by atoms with Gasteiger partial charge in [-0.25, -0.2) is 4.79 Å². The maximum atomic E-state index is 13.0. The number of fused-ring (bicyclic) bond motifs is 3. The number of urea groups is 1. The van der Waals surface area contributed by atoms with E-state index in [9.17, 15) is 19.2 Å². The number of allylic oxidation sites excluding steroid dienone is 1. The lowest BCUT2D eigenvalue weighted by atomic mass is 9.83. The molecule has 0 unspecified atom stereocenters. The molecule has 8 heteroatoms. The fourth-order valence-electron chi connectivity index (χ4n) is 2.90. The van der Waals surface area contributed by atoms with Gasteiger partial charge in [-0.05, 0) is 18.2 Å². The Kier molecular flexibility index (Phi) is 3.08. The molecule has 0 radical (unpaired) electrons. The smallest absolute Gasteiger partial charge is 0.288 e. The van der Waals surface area contributed by atoms with Crippen LogP contribution >= 0.6 is 0 Å². The van der Waals surface area contributed by atoms with Crippen LogP contribution < -0.4 is 5.32 Å². The van der Waals surface area contributed by atoms with E-state index in [2.05, 4.69) is 15.3 Å². The minimum Gasteiger partial charge on any atom is -0.288 e. The number of carbonyl (C=O) groups is 4. The van der Waals surface area contributed by atoms with Crippen LogP contribution in [0.2, 0.25) is 0 Å². The lowest BCUT2D eigenvalue weighted by Gasteiger charge is -2.26. The monoisotopic (exact) mass is 334 g/mol. The van der Waals surface area contributed by atoms with Gasteiger partial charge in [0, 0.05) is 25.0 Å². The Morgan fingerprint density at radius 3 is 2.16 bits per heavy atom. The van der Waals surface area contributed by atoms with Gasteiger partial charge in [-0.2, -0.15) is 0 Å². The van der Waals surface area contributed by atoms with Crippen LogP contribution in [0, 0.1) is 0 Å². The minimum absolute atomic E-state index is 0.0783. The molecule has 4 rings (SSSR count). The van der Waals surface area contributed by atoms with E-state index in [0.717, 1.165) is 4.90 Å². The topological polar surface area (TPSA) is 109 Å². The second kappa shape index (κ2) is 5.17. The van der Waals surface area contributed by atoms with Gasteiger partial charge in [0.1, 0.15) is 11.3 Å². The molecule has 0 saturated carbocycles. The number of imide groups is 2. The van der Waals surface area contributed by atoms with Crippen LogP contribution in [-0.4, -0.2) is 45.5 Å². The number of hydrogen-bond donors (Lipinski definition) is 1. The number of nitrogens with one attached hydrogen (secondary N) is 1. The summed E-state index contributed by atoms with van der Waals surface area (Å²) in [5, 5.41) is 2.06. The van der Waals surface area contributed by atoms with Gasteiger partial charge in [0.2, 0.25) is 0 Å². The van der Waals surface area contributed by atoms with Crippen molar-refractivity contribution in [3.05, 3.63) is 53.4 Å². The first-order chi connectivity index (χ1) is 12.0. The van der Waals surface area contributed by atoms with E-state index in [4.69, 9.17) is 0 Å². The molecule has 3 heterocycles. The number of amides is 4. The molecule has 1 N–H and O–H groups in total. The largest absolute Gasteiger partial charge is 0.331 e. The number of barbiturate groups is 1. The summed E-state index contributed by atoms with van der Waals surface area (Å²) in [6.07, 6.45) is 3.07. The molecule has 2 aromatic heterocycles. The molecule has 0 aromatic carbocycles. The molecule has 0 atom stereocenters. The zero-order valence-electron chi connectivity index (χ0n) is 12.9. The maximum absolute atomic E-state index is 13.0. The van der Waals surface area contributed by atoms with Crippen LogP contribution in [0.1, 0.15) is 15.9 Å². The summed E-state index contributed by atoms with van der Waals surface area (Å²) in [6.45, 7) is 0. The summed E-state index contributed by atoms with van der Waals surface area (Å²) in [6, 6.07) is 5.50. The predicted octanol–water partition coefficient (Wildman–Crippen LogP) is 0.802. The molecule has 2 aromatic rings. The second-order valence-corrected chi connectivity index (χ2v) is 5.50. The molecule has 8 nitrogen and oxygen atoms in total. The Morgan fingerprint density at radius 1 is 0.880 bits per heavy atom. The van der Waals surface area contributed by atoms with Crippen LogP contribution in [0.4, 0.5) is 4.79 Å². The second-order valence-electron chi connectivity index (χ2n) is 5.50. The van der Waals surface area contributed by atoms with Crippen LogP contribution in [0.3, 0.4) is 0 Å². The first-order valence-electron chi connectivity index (χ1n) is 7.34. The van der Waals surface area contributed by atoms with Crippen LogP contribution in [0.15, 0.2) is 42.2 Å². The number of pyridine rings is 2. The van der Waals surface area contributed by atoms with E-state index < -0.39 is 23.6 Å². The van der Waals surface area contributed by atoms with E-state index in [1.807, 2.05) is 0 Å². The number of rotatable bonds is 0. The summed E-state index contributed by atoms with van der Waals surface area (Å²) < 4.78 is 0. The fourth-order valence-corrected chi connectivity index (χ4v) is 2.90. The summed E-state index contributed by atoms with van der Waals surface area (Å²) in [5.74, 6) is -2.25. The summed E-state index contributed by atoms with van der Waals surface area (Å²) in [4.78, 5) is 58.6. The van der Waals surface area contributed by atoms with Crippen LogP contribution in [-0.2, 0) is 9.59 Å². The quantitative estimate of drug-likeness (QED) is 0.564. The number of ketones is 1. The van der Waals surface area contributed by atoms with E-state index in [-0.39, 0.29) is 16.7 Å². The third kappa shape index (κ3) is 2.01. The van der Waals surface area contributed by atoms with Gasteiger partial charge in [-0.3, -0.25) is 34.6 Å². The Labute approximate surface area is 141 Å². The van der Waals surface area contributed by atoms with Crippen molar-refractivity contribution in [3.8, 4) is 11.4 Å². The highest BCUT2D eigenvalue weighted by Gasteiger charge is 2.41. The van der Waals surface area contributed by atoms with Crippen molar-refractivity contribution in [3.63, 3.8) is 0 Å². The van der Waals surface area contributed by atoms with Crippen molar-refractivity contribution in [2.24, 2.45) is 0 Å². The van der Waals surface area contributed by atoms with Crippen LogP contribution in [0.5, 0.6) is 0 Å². The average Bonchev–Trinajstić information content (AvgIpc) is 2.62. The molecule has 122 valence electrons. The number of carbonyl (C=O) groups excluding carboxylic acids is 4. The zero-order chi connectivity index (χ0) is 17.7. The van der Waals surface area contributed by atoms with Crippen molar-refractivity contribution >= 4 is 29.2 Å². The molecule has 1 fully saturated rings. The first kappa shape index (κ1) is 14.9. The first-order valence-corrected chi connectivity index (χ1v) is 7.34. The lowest BCUT2D eigenvalue weighted by molar-refractivity contribution is -0.129. The summed E-state index contributed by atoms with van der Waals surface area (Å²) >= 11 is 0. The van der Waals surface area contributed by atoms with Gasteiger partial charge >= 0.3 is 6.03 Å². The van der Waals surface area contributed by atoms with Gasteiger partial charge in [0.15, 0.2) is 5.78 Å².